The molecule has 0 unspecified atom stereocenters. The molecule has 0 aromatic heterocycles. The van der Waals surface area contributed by atoms with Crippen LogP contribution in [0.1, 0.15) is 21.5 Å². The number of aryl methyl sites for hydroxylation is 2. The van der Waals surface area contributed by atoms with E-state index in [1.54, 1.807) is 12.1 Å². The predicted octanol–water partition coefficient (Wildman–Crippen LogP) is 4.50. The first-order valence-electron chi connectivity index (χ1n) is 8.52. The fourth-order valence-corrected chi connectivity index (χ4v) is 3.88. The number of rotatable bonds is 5. The number of hydrogen-bond donors (Lipinski definition) is 2. The zero-order chi connectivity index (χ0) is 20.3. The fraction of sp³-hybridized carbons (Fsp3) is 0.0952. The maximum Gasteiger partial charge on any atom is 0.261 e. The Labute approximate surface area is 163 Å². The molecule has 0 atom stereocenters. The molecule has 0 radical (unpaired) electrons. The van der Waals surface area contributed by atoms with Gasteiger partial charge >= 0.3 is 0 Å². The predicted molar refractivity (Wildman–Crippen MR) is 108 cm³/mol. The van der Waals surface area contributed by atoms with Crippen LogP contribution in [0.2, 0.25) is 0 Å². The molecule has 5 nitrogen and oxygen atoms in total. The molecular weight excluding hydrogens is 379 g/mol. The van der Waals surface area contributed by atoms with Crippen molar-refractivity contribution in [3.05, 3.63) is 89.2 Å². The van der Waals surface area contributed by atoms with Gasteiger partial charge in [0, 0.05) is 11.3 Å². The number of carbonyl (C=O) groups excluding carboxylic acids is 1. The van der Waals surface area contributed by atoms with Crippen molar-refractivity contribution in [2.75, 3.05) is 10.0 Å². The highest BCUT2D eigenvalue weighted by atomic mass is 32.2. The van der Waals surface area contributed by atoms with Gasteiger partial charge < -0.3 is 5.32 Å². The quantitative estimate of drug-likeness (QED) is 0.665. The van der Waals surface area contributed by atoms with Crippen LogP contribution in [0.5, 0.6) is 0 Å². The lowest BCUT2D eigenvalue weighted by Gasteiger charge is -2.12. The summed E-state index contributed by atoms with van der Waals surface area (Å²) in [4.78, 5) is 12.4. The summed E-state index contributed by atoms with van der Waals surface area (Å²) in [7, 11) is -3.87. The Hall–Kier alpha value is -3.19. The maximum atomic E-state index is 13.3. The van der Waals surface area contributed by atoms with E-state index in [2.05, 4.69) is 10.0 Å². The molecule has 0 heterocycles. The van der Waals surface area contributed by atoms with Gasteiger partial charge in [0.25, 0.3) is 15.9 Å². The summed E-state index contributed by atoms with van der Waals surface area (Å²) in [5.41, 5.74) is 2.72. The molecule has 7 heteroatoms. The van der Waals surface area contributed by atoms with Gasteiger partial charge in [-0.15, -0.1) is 0 Å². The van der Waals surface area contributed by atoms with Crippen molar-refractivity contribution in [2.24, 2.45) is 0 Å². The summed E-state index contributed by atoms with van der Waals surface area (Å²) in [6, 6.07) is 16.5. The Morgan fingerprint density at radius 2 is 1.68 bits per heavy atom. The molecule has 3 rings (SSSR count). The molecule has 28 heavy (non-hydrogen) atoms. The lowest BCUT2D eigenvalue weighted by atomic mass is 10.1. The van der Waals surface area contributed by atoms with Gasteiger partial charge in [0.1, 0.15) is 5.82 Å². The van der Waals surface area contributed by atoms with E-state index in [0.717, 1.165) is 11.1 Å². The van der Waals surface area contributed by atoms with Crippen LogP contribution in [-0.2, 0) is 10.0 Å². The SMILES string of the molecule is Cc1ccc(NS(=O)(=O)c2cccc(C(=O)Nc3cccc(F)c3)c2)c(C)c1. The van der Waals surface area contributed by atoms with E-state index in [-0.39, 0.29) is 16.1 Å². The summed E-state index contributed by atoms with van der Waals surface area (Å²) >= 11 is 0. The highest BCUT2D eigenvalue weighted by molar-refractivity contribution is 7.92. The number of benzene rings is 3. The van der Waals surface area contributed by atoms with Crippen molar-refractivity contribution in [2.45, 2.75) is 18.7 Å². The van der Waals surface area contributed by atoms with Gasteiger partial charge in [-0.3, -0.25) is 9.52 Å². The average molecular weight is 398 g/mol. The van der Waals surface area contributed by atoms with Crippen LogP contribution in [-0.4, -0.2) is 14.3 Å². The van der Waals surface area contributed by atoms with E-state index in [1.165, 1.54) is 42.5 Å². The Morgan fingerprint density at radius 3 is 2.39 bits per heavy atom. The van der Waals surface area contributed by atoms with E-state index in [9.17, 15) is 17.6 Å². The Bertz CT molecular complexity index is 1140. The Morgan fingerprint density at radius 1 is 0.929 bits per heavy atom. The van der Waals surface area contributed by atoms with Crippen molar-refractivity contribution in [3.8, 4) is 0 Å². The minimum atomic E-state index is -3.87. The number of hydrogen-bond acceptors (Lipinski definition) is 3. The summed E-state index contributed by atoms with van der Waals surface area (Å²) < 4.78 is 41.3. The first kappa shape index (κ1) is 19.6. The molecule has 2 N–H and O–H groups in total. The Kier molecular flexibility index (Phi) is 5.46. The summed E-state index contributed by atoms with van der Waals surface area (Å²) in [6.45, 7) is 3.74. The summed E-state index contributed by atoms with van der Waals surface area (Å²) in [6.07, 6.45) is 0. The topological polar surface area (TPSA) is 75.3 Å². The van der Waals surface area contributed by atoms with Gasteiger partial charge in [0.15, 0.2) is 0 Å². The van der Waals surface area contributed by atoms with Crippen molar-refractivity contribution in [3.63, 3.8) is 0 Å². The van der Waals surface area contributed by atoms with Crippen LogP contribution in [0.15, 0.2) is 71.6 Å². The monoisotopic (exact) mass is 398 g/mol. The van der Waals surface area contributed by atoms with Crippen molar-refractivity contribution in [1.82, 2.24) is 0 Å². The van der Waals surface area contributed by atoms with Crippen LogP contribution in [0.3, 0.4) is 0 Å². The van der Waals surface area contributed by atoms with Crippen LogP contribution in [0, 0.1) is 19.7 Å². The maximum absolute atomic E-state index is 13.3. The van der Waals surface area contributed by atoms with Crippen molar-refractivity contribution in [1.29, 1.82) is 0 Å². The minimum absolute atomic E-state index is 0.0423. The standard InChI is InChI=1S/C21H19FN2O3S/c1-14-9-10-20(15(2)11-14)24-28(26,27)19-8-3-5-16(12-19)21(25)23-18-7-4-6-17(22)13-18/h3-13,24H,1-2H3,(H,23,25). The van der Waals surface area contributed by atoms with Crippen molar-refractivity contribution < 1.29 is 17.6 Å². The second-order valence-corrected chi connectivity index (χ2v) is 8.10. The third-order valence-corrected chi connectivity index (χ3v) is 5.48. The third-order valence-electron chi connectivity index (χ3n) is 4.12. The molecule has 3 aromatic carbocycles. The van der Waals surface area contributed by atoms with Gasteiger partial charge in [0.05, 0.1) is 10.6 Å². The second-order valence-electron chi connectivity index (χ2n) is 6.42. The highest BCUT2D eigenvalue weighted by Gasteiger charge is 2.17. The largest absolute Gasteiger partial charge is 0.322 e. The summed E-state index contributed by atoms with van der Waals surface area (Å²) in [5.74, 6) is -1.01. The molecule has 3 aromatic rings. The van der Waals surface area contributed by atoms with E-state index >= 15 is 0 Å². The molecule has 0 aliphatic heterocycles. The number of halogens is 1. The van der Waals surface area contributed by atoms with E-state index in [4.69, 9.17) is 0 Å². The molecule has 1 amide bonds. The first-order valence-corrected chi connectivity index (χ1v) is 10.00. The van der Waals surface area contributed by atoms with Crippen LogP contribution in [0.25, 0.3) is 0 Å². The lowest BCUT2D eigenvalue weighted by Crippen LogP contribution is -2.16. The molecule has 0 fully saturated rings. The first-order chi connectivity index (χ1) is 13.2. The molecule has 144 valence electrons. The lowest BCUT2D eigenvalue weighted by molar-refractivity contribution is 0.102. The van der Waals surface area contributed by atoms with E-state index in [1.807, 2.05) is 26.0 Å². The van der Waals surface area contributed by atoms with E-state index in [0.29, 0.717) is 5.69 Å². The van der Waals surface area contributed by atoms with Crippen LogP contribution >= 0.6 is 0 Å². The number of carbonyl (C=O) groups is 1. The van der Waals surface area contributed by atoms with Crippen LogP contribution < -0.4 is 10.0 Å². The Balaban J connectivity index is 1.84. The number of sulfonamides is 1. The van der Waals surface area contributed by atoms with E-state index < -0.39 is 21.7 Å². The van der Waals surface area contributed by atoms with Gasteiger partial charge in [-0.25, -0.2) is 12.8 Å². The minimum Gasteiger partial charge on any atom is -0.322 e. The molecule has 0 spiro atoms. The molecule has 0 aliphatic rings. The van der Waals surface area contributed by atoms with Gasteiger partial charge in [-0.2, -0.15) is 0 Å². The highest BCUT2D eigenvalue weighted by Crippen LogP contribution is 2.22. The van der Waals surface area contributed by atoms with Gasteiger partial charge in [0.2, 0.25) is 0 Å². The average Bonchev–Trinajstić information content (AvgIpc) is 2.64. The number of anilines is 2. The normalized spacial score (nSPS) is 11.1. The molecular formula is C21H19FN2O3S. The molecule has 0 bridgehead atoms. The molecule has 0 saturated carbocycles. The zero-order valence-electron chi connectivity index (χ0n) is 15.4. The fourth-order valence-electron chi connectivity index (χ4n) is 2.71. The van der Waals surface area contributed by atoms with Crippen LogP contribution in [0.4, 0.5) is 15.8 Å². The van der Waals surface area contributed by atoms with Gasteiger partial charge in [-0.05, 0) is 61.9 Å². The third kappa shape index (κ3) is 4.55. The smallest absolute Gasteiger partial charge is 0.261 e. The molecule has 0 aliphatic carbocycles. The van der Waals surface area contributed by atoms with Gasteiger partial charge in [-0.1, -0.05) is 29.8 Å². The second kappa shape index (κ2) is 7.82. The number of amides is 1. The summed E-state index contributed by atoms with van der Waals surface area (Å²) in [5, 5.41) is 2.55. The van der Waals surface area contributed by atoms with Crippen molar-refractivity contribution >= 4 is 27.3 Å². The number of nitrogens with one attached hydrogen (secondary N) is 2. The molecule has 0 saturated heterocycles. The zero-order valence-corrected chi connectivity index (χ0v) is 16.2.